The Morgan fingerprint density at radius 2 is 0.886 bits per heavy atom. The van der Waals surface area contributed by atoms with E-state index < -0.39 is 16.1 Å². The Morgan fingerprint density at radius 3 is 1.16 bits per heavy atom. The molecule has 44 heavy (non-hydrogen) atoms. The molecule has 10 heteroatoms. The van der Waals surface area contributed by atoms with Crippen LogP contribution in [0.5, 0.6) is 0 Å². The monoisotopic (exact) mass is 805 g/mol. The number of nitrogens with zero attached hydrogens (tertiary/aromatic N) is 2. The average molecular weight is 807 g/mol. The minimum Gasteiger partial charge on any atom is -0.672 e. The number of benzene rings is 2. The van der Waals surface area contributed by atoms with Gasteiger partial charge >= 0.3 is 26.2 Å². The molecule has 0 aromatic heterocycles. The Bertz CT molecular complexity index is 1340. The Kier molecular flexibility index (Phi) is 17.0. The van der Waals surface area contributed by atoms with E-state index in [-0.39, 0.29) is 63.1 Å². The van der Waals surface area contributed by atoms with Crippen molar-refractivity contribution in [1.82, 2.24) is 0 Å². The SMILES string of the molecule is C[Si](C)(C)C([NH-])=O.C[Si](C)(C)C([NH-])=O.[In].[Zr+4].c1ccc2c(N3CCCC3)c[cH-]c2c1.c1ccc2c(N3CCCC3)c[cH-]c2c1. The number of hydrogen-bond acceptors (Lipinski definition) is 4. The Balaban J connectivity index is 0.000000306. The fraction of sp³-hybridized carbons (Fsp3) is 0.412. The molecule has 0 unspecified atom stereocenters. The number of rotatable bonds is 4. The molecule has 0 saturated carbocycles. The van der Waals surface area contributed by atoms with Crippen molar-refractivity contribution in [2.75, 3.05) is 36.0 Å². The molecule has 6 rings (SSSR count). The minimum atomic E-state index is -1.71. The summed E-state index contributed by atoms with van der Waals surface area (Å²) < 4.78 is 0. The van der Waals surface area contributed by atoms with Crippen molar-refractivity contribution in [3.05, 3.63) is 84.3 Å². The third-order valence-electron chi connectivity index (χ3n) is 7.57. The fourth-order valence-corrected chi connectivity index (χ4v) is 4.74. The van der Waals surface area contributed by atoms with Gasteiger partial charge in [0.2, 0.25) is 0 Å². The van der Waals surface area contributed by atoms with Crippen LogP contribution in [0.1, 0.15) is 25.7 Å². The number of anilines is 2. The molecule has 4 aromatic rings. The zero-order valence-corrected chi connectivity index (χ0v) is 35.1. The Hall–Kier alpha value is -1.61. The molecule has 2 amide bonds. The molecule has 2 aliphatic heterocycles. The summed E-state index contributed by atoms with van der Waals surface area (Å²) in [6, 6.07) is 26.3. The van der Waals surface area contributed by atoms with Crippen molar-refractivity contribution in [3.63, 3.8) is 0 Å². The van der Waals surface area contributed by atoms with Crippen molar-refractivity contribution in [2.45, 2.75) is 65.0 Å². The number of amides is 2. The molecule has 3 radical (unpaired) electrons. The summed E-state index contributed by atoms with van der Waals surface area (Å²) in [6.07, 6.45) is 5.39. The third kappa shape index (κ3) is 12.0. The van der Waals surface area contributed by atoms with Crippen LogP contribution in [0.2, 0.25) is 39.3 Å². The normalized spacial score (nSPS) is 14.2. The van der Waals surface area contributed by atoms with Gasteiger partial charge in [-0.15, -0.1) is 82.2 Å². The van der Waals surface area contributed by atoms with Gasteiger partial charge in [-0.05, 0) is 25.7 Å². The van der Waals surface area contributed by atoms with Crippen LogP contribution in [0, 0.1) is 0 Å². The van der Waals surface area contributed by atoms with E-state index in [9.17, 15) is 9.59 Å². The maximum atomic E-state index is 10.2. The van der Waals surface area contributed by atoms with Crippen molar-refractivity contribution < 1.29 is 35.8 Å². The van der Waals surface area contributed by atoms with E-state index in [1.165, 1.54) is 84.8 Å². The van der Waals surface area contributed by atoms with Crippen molar-refractivity contribution >= 4 is 86.0 Å². The van der Waals surface area contributed by atoms with Crippen LogP contribution in [0.25, 0.3) is 33.0 Å². The van der Waals surface area contributed by atoms with Gasteiger partial charge in [0.15, 0.2) is 0 Å². The Morgan fingerprint density at radius 1 is 0.614 bits per heavy atom. The molecule has 0 atom stereocenters. The summed E-state index contributed by atoms with van der Waals surface area (Å²) in [6.45, 7) is 16.1. The van der Waals surface area contributed by atoms with Crippen LogP contribution in [0.4, 0.5) is 21.0 Å². The number of nitrogens with one attached hydrogen (secondary N) is 2. The summed E-state index contributed by atoms with van der Waals surface area (Å²) in [4.78, 5) is 25.4. The fourth-order valence-electron chi connectivity index (χ4n) is 4.74. The van der Waals surface area contributed by atoms with E-state index in [2.05, 4.69) is 82.6 Å². The molecule has 0 bridgehead atoms. The number of fused-ring (bicyclic) bond motifs is 2. The second-order valence-electron chi connectivity index (χ2n) is 13.2. The molecular weight excluding hydrogens is 759 g/mol. The summed E-state index contributed by atoms with van der Waals surface area (Å²) in [5, 5.41) is 5.56. The number of carbonyl (C=O) groups is 2. The van der Waals surface area contributed by atoms with E-state index in [4.69, 9.17) is 11.5 Å². The third-order valence-corrected chi connectivity index (χ3v) is 10.3. The summed E-state index contributed by atoms with van der Waals surface area (Å²) >= 11 is 0. The van der Waals surface area contributed by atoms with Gasteiger partial charge in [0, 0.05) is 63.1 Å². The molecule has 2 N–H and O–H groups in total. The van der Waals surface area contributed by atoms with E-state index >= 15 is 0 Å². The molecule has 231 valence electrons. The topological polar surface area (TPSA) is 88.2 Å². The molecule has 2 saturated heterocycles. The molecule has 4 aromatic carbocycles. The van der Waals surface area contributed by atoms with Gasteiger partial charge < -0.3 is 30.9 Å². The van der Waals surface area contributed by atoms with Gasteiger partial charge in [0.05, 0.1) is 16.1 Å². The first-order valence-corrected chi connectivity index (χ1v) is 22.1. The maximum absolute atomic E-state index is 10.2. The standard InChI is InChI=1S/2C13H14N.2C4H11NOSi.In.Zr/c2*1-2-6-12-11(5-1)7-8-13(12)14-9-3-4-10-14;2*1-7(2,3)4(5)6;;/h2*1-2,5-8H,3-4,9-10H2;2*1-3H3,(H2,5,6);;/q2*-1;;;;+4/p-2. The molecular formula is C34H48InN4O2Si2Zr. The largest absolute Gasteiger partial charge is 4.00 e. The molecule has 0 spiro atoms. The summed E-state index contributed by atoms with van der Waals surface area (Å²) in [5.41, 5.74) is 15.4. The van der Waals surface area contributed by atoms with E-state index in [1.807, 2.05) is 39.3 Å². The van der Waals surface area contributed by atoms with Crippen LogP contribution in [0.15, 0.2) is 72.8 Å². The molecule has 6 nitrogen and oxygen atoms in total. The van der Waals surface area contributed by atoms with Crippen LogP contribution in [-0.4, -0.2) is 79.2 Å². The second kappa shape index (κ2) is 18.5. The first kappa shape index (κ1) is 40.4. The molecule has 2 heterocycles. The van der Waals surface area contributed by atoms with E-state index in [1.54, 1.807) is 0 Å². The predicted octanol–water partition coefficient (Wildman–Crippen LogP) is 10.1. The maximum Gasteiger partial charge on any atom is 4.00 e. The van der Waals surface area contributed by atoms with Crippen molar-refractivity contribution in [2.24, 2.45) is 0 Å². The first-order valence-electron chi connectivity index (χ1n) is 15.1. The zero-order valence-electron chi connectivity index (χ0n) is 27.4. The molecule has 2 aliphatic rings. The minimum absolute atomic E-state index is 0. The van der Waals surface area contributed by atoms with E-state index in [0.717, 1.165) is 0 Å². The van der Waals surface area contributed by atoms with Gasteiger partial charge in [-0.1, -0.05) is 62.8 Å². The van der Waals surface area contributed by atoms with Gasteiger partial charge in [-0.25, -0.2) is 0 Å². The summed E-state index contributed by atoms with van der Waals surface area (Å²) in [5.74, 6) is 0. The zero-order chi connectivity index (χ0) is 30.9. The quantitative estimate of drug-likeness (QED) is 0.152. The predicted molar refractivity (Wildman–Crippen MR) is 194 cm³/mol. The van der Waals surface area contributed by atoms with Crippen LogP contribution < -0.4 is 9.80 Å². The van der Waals surface area contributed by atoms with E-state index in [0.29, 0.717) is 0 Å². The average Bonchev–Trinajstić information content (AvgIpc) is 3.74. The van der Waals surface area contributed by atoms with Crippen LogP contribution >= 0.6 is 0 Å². The van der Waals surface area contributed by atoms with Gasteiger partial charge in [0.25, 0.3) is 0 Å². The summed E-state index contributed by atoms with van der Waals surface area (Å²) in [7, 11) is -3.41. The molecule has 2 fully saturated rings. The number of hydrogen-bond donors (Lipinski definition) is 0. The molecule has 0 aliphatic carbocycles. The second-order valence-corrected chi connectivity index (χ2v) is 23.1. The van der Waals surface area contributed by atoms with Crippen LogP contribution in [0.3, 0.4) is 0 Å². The van der Waals surface area contributed by atoms with Gasteiger partial charge in [-0.2, -0.15) is 0 Å². The van der Waals surface area contributed by atoms with Crippen LogP contribution in [-0.2, 0) is 26.2 Å². The van der Waals surface area contributed by atoms with Crippen molar-refractivity contribution in [3.8, 4) is 0 Å². The van der Waals surface area contributed by atoms with Gasteiger partial charge in [0.1, 0.15) is 0 Å². The number of carbonyl (C=O) groups excluding carboxylic acids is 2. The first-order chi connectivity index (χ1) is 19.8. The smallest absolute Gasteiger partial charge is 0.672 e. The Labute approximate surface area is 304 Å². The van der Waals surface area contributed by atoms with Crippen molar-refractivity contribution in [1.29, 1.82) is 0 Å². The van der Waals surface area contributed by atoms with Gasteiger partial charge in [-0.3, -0.25) is 0 Å².